The fourth-order valence-electron chi connectivity index (χ4n) is 1.61. The highest BCUT2D eigenvalue weighted by molar-refractivity contribution is 5.69. The zero-order valence-corrected chi connectivity index (χ0v) is 10.6. The minimum atomic E-state index is -0.153. The number of nitrogens with one attached hydrogen (secondary N) is 1. The summed E-state index contributed by atoms with van der Waals surface area (Å²) in [6.07, 6.45) is 6.18. The smallest absolute Gasteiger partial charge is 0.305 e. The van der Waals surface area contributed by atoms with Crippen LogP contribution in [-0.2, 0) is 22.6 Å². The number of aromatic nitrogens is 2. The Morgan fingerprint density at radius 2 is 2.41 bits per heavy atom. The first kappa shape index (κ1) is 13.7. The zero-order chi connectivity index (χ0) is 12.5. The fraction of sp³-hybridized carbons (Fsp3) is 0.667. The monoisotopic (exact) mass is 239 g/mol. The maximum Gasteiger partial charge on any atom is 0.305 e. The van der Waals surface area contributed by atoms with Crippen LogP contribution in [-0.4, -0.2) is 29.2 Å². The van der Waals surface area contributed by atoms with Crippen LogP contribution in [0.15, 0.2) is 12.4 Å². The molecule has 0 atom stereocenters. The molecule has 17 heavy (non-hydrogen) atoms. The van der Waals surface area contributed by atoms with E-state index in [0.29, 0.717) is 6.42 Å². The van der Waals surface area contributed by atoms with E-state index >= 15 is 0 Å². The van der Waals surface area contributed by atoms with Crippen molar-refractivity contribution in [3.63, 3.8) is 0 Å². The van der Waals surface area contributed by atoms with Crippen LogP contribution in [0.5, 0.6) is 0 Å². The van der Waals surface area contributed by atoms with Crippen molar-refractivity contribution in [1.82, 2.24) is 14.9 Å². The van der Waals surface area contributed by atoms with Crippen molar-refractivity contribution in [3.8, 4) is 0 Å². The van der Waals surface area contributed by atoms with E-state index in [1.807, 2.05) is 12.4 Å². The maximum atomic E-state index is 10.9. The number of carbonyl (C=O) groups excluding carboxylic acids is 1. The lowest BCUT2D eigenvalue weighted by Gasteiger charge is -2.07. The predicted octanol–water partition coefficient (Wildman–Crippen LogP) is 1.34. The lowest BCUT2D eigenvalue weighted by Crippen LogP contribution is -2.19. The number of nitrogens with zero attached hydrogens (tertiary/aromatic N) is 2. The van der Waals surface area contributed by atoms with Gasteiger partial charge in [-0.25, -0.2) is 4.98 Å². The molecular weight excluding hydrogens is 218 g/mol. The summed E-state index contributed by atoms with van der Waals surface area (Å²) in [5, 5.41) is 3.27. The standard InChI is InChI=1S/C12H21N3O2/c1-3-8-15-9-7-14-11(15)10-13-6-4-5-12(16)17-2/h7,9,13H,3-6,8,10H2,1-2H3. The Morgan fingerprint density at radius 1 is 1.59 bits per heavy atom. The van der Waals surface area contributed by atoms with Gasteiger partial charge in [0.1, 0.15) is 5.82 Å². The predicted molar refractivity (Wildman–Crippen MR) is 65.5 cm³/mol. The van der Waals surface area contributed by atoms with Gasteiger partial charge in [-0.1, -0.05) is 6.92 Å². The average Bonchev–Trinajstić information content (AvgIpc) is 2.76. The third-order valence-corrected chi connectivity index (χ3v) is 2.51. The van der Waals surface area contributed by atoms with Crippen molar-refractivity contribution in [2.45, 2.75) is 39.3 Å². The molecule has 5 heteroatoms. The van der Waals surface area contributed by atoms with E-state index in [1.165, 1.54) is 7.11 Å². The summed E-state index contributed by atoms with van der Waals surface area (Å²) >= 11 is 0. The third-order valence-electron chi connectivity index (χ3n) is 2.51. The van der Waals surface area contributed by atoms with E-state index in [0.717, 1.165) is 38.3 Å². The van der Waals surface area contributed by atoms with Gasteiger partial charge in [0.2, 0.25) is 0 Å². The van der Waals surface area contributed by atoms with Crippen molar-refractivity contribution in [2.75, 3.05) is 13.7 Å². The van der Waals surface area contributed by atoms with Crippen molar-refractivity contribution < 1.29 is 9.53 Å². The summed E-state index contributed by atoms with van der Waals surface area (Å²) in [5.74, 6) is 0.893. The molecule has 0 aliphatic carbocycles. The van der Waals surface area contributed by atoms with E-state index in [9.17, 15) is 4.79 Å². The van der Waals surface area contributed by atoms with Crippen LogP contribution in [0.2, 0.25) is 0 Å². The molecule has 0 aliphatic heterocycles. The summed E-state index contributed by atoms with van der Waals surface area (Å²) < 4.78 is 6.72. The minimum Gasteiger partial charge on any atom is -0.469 e. The Balaban J connectivity index is 2.17. The number of aryl methyl sites for hydroxylation is 1. The fourth-order valence-corrected chi connectivity index (χ4v) is 1.61. The van der Waals surface area contributed by atoms with E-state index in [4.69, 9.17) is 0 Å². The highest BCUT2D eigenvalue weighted by atomic mass is 16.5. The molecule has 0 saturated heterocycles. The summed E-state index contributed by atoms with van der Waals surface area (Å²) in [7, 11) is 1.41. The second-order valence-corrected chi connectivity index (χ2v) is 3.89. The Morgan fingerprint density at radius 3 is 3.12 bits per heavy atom. The first-order valence-corrected chi connectivity index (χ1v) is 6.05. The van der Waals surface area contributed by atoms with Gasteiger partial charge in [0.15, 0.2) is 0 Å². The molecule has 0 bridgehead atoms. The number of rotatable bonds is 8. The first-order valence-electron chi connectivity index (χ1n) is 6.05. The Labute approximate surface area is 102 Å². The number of hydrogen-bond donors (Lipinski definition) is 1. The molecule has 0 aliphatic rings. The number of hydrogen-bond acceptors (Lipinski definition) is 4. The van der Waals surface area contributed by atoms with E-state index in [2.05, 4.69) is 26.5 Å². The Hall–Kier alpha value is -1.36. The van der Waals surface area contributed by atoms with Crippen molar-refractivity contribution in [2.24, 2.45) is 0 Å². The Bertz CT molecular complexity index is 336. The van der Waals surface area contributed by atoms with Gasteiger partial charge in [-0.3, -0.25) is 4.79 Å². The molecule has 1 rings (SSSR count). The van der Waals surface area contributed by atoms with Crippen LogP contribution >= 0.6 is 0 Å². The summed E-state index contributed by atoms with van der Waals surface area (Å²) in [6, 6.07) is 0. The quantitative estimate of drug-likeness (QED) is 0.549. The summed E-state index contributed by atoms with van der Waals surface area (Å²) in [4.78, 5) is 15.2. The van der Waals surface area contributed by atoms with Gasteiger partial charge in [-0.2, -0.15) is 0 Å². The van der Waals surface area contributed by atoms with Gasteiger partial charge in [-0.15, -0.1) is 0 Å². The molecule has 0 amide bonds. The maximum absolute atomic E-state index is 10.9. The van der Waals surface area contributed by atoms with Crippen LogP contribution in [0.3, 0.4) is 0 Å². The molecule has 1 aromatic rings. The zero-order valence-electron chi connectivity index (χ0n) is 10.6. The highest BCUT2D eigenvalue weighted by Crippen LogP contribution is 1.99. The summed E-state index contributed by atoms with van der Waals surface area (Å²) in [5.41, 5.74) is 0. The largest absolute Gasteiger partial charge is 0.469 e. The van der Waals surface area contributed by atoms with Gasteiger partial charge in [0.05, 0.1) is 13.7 Å². The van der Waals surface area contributed by atoms with Crippen LogP contribution in [0.4, 0.5) is 0 Å². The van der Waals surface area contributed by atoms with E-state index in [1.54, 1.807) is 0 Å². The van der Waals surface area contributed by atoms with Gasteiger partial charge >= 0.3 is 5.97 Å². The molecule has 96 valence electrons. The average molecular weight is 239 g/mol. The van der Waals surface area contributed by atoms with Gasteiger partial charge in [0.25, 0.3) is 0 Å². The van der Waals surface area contributed by atoms with Crippen molar-refractivity contribution >= 4 is 5.97 Å². The van der Waals surface area contributed by atoms with Gasteiger partial charge in [-0.05, 0) is 19.4 Å². The molecule has 0 unspecified atom stereocenters. The van der Waals surface area contributed by atoms with Gasteiger partial charge in [0, 0.05) is 25.4 Å². The normalized spacial score (nSPS) is 10.5. The molecule has 1 N–H and O–H groups in total. The lowest BCUT2D eigenvalue weighted by atomic mass is 10.3. The second kappa shape index (κ2) is 7.84. The summed E-state index contributed by atoms with van der Waals surface area (Å²) in [6.45, 7) is 4.69. The lowest BCUT2D eigenvalue weighted by molar-refractivity contribution is -0.140. The number of carbonyl (C=O) groups is 1. The molecule has 0 radical (unpaired) electrons. The number of esters is 1. The molecule has 5 nitrogen and oxygen atoms in total. The van der Waals surface area contributed by atoms with Crippen molar-refractivity contribution in [3.05, 3.63) is 18.2 Å². The number of ether oxygens (including phenoxy) is 1. The van der Waals surface area contributed by atoms with Crippen LogP contribution < -0.4 is 5.32 Å². The molecule has 0 aromatic carbocycles. The van der Waals surface area contributed by atoms with Crippen LogP contribution in [0, 0.1) is 0 Å². The van der Waals surface area contributed by atoms with Crippen LogP contribution in [0.1, 0.15) is 32.0 Å². The number of methoxy groups -OCH3 is 1. The molecular formula is C12H21N3O2. The van der Waals surface area contributed by atoms with Crippen LogP contribution in [0.25, 0.3) is 0 Å². The molecule has 1 heterocycles. The molecule has 1 aromatic heterocycles. The molecule has 0 saturated carbocycles. The number of imidazole rings is 1. The Kier molecular flexibility index (Phi) is 6.32. The van der Waals surface area contributed by atoms with Gasteiger partial charge < -0.3 is 14.6 Å². The van der Waals surface area contributed by atoms with E-state index < -0.39 is 0 Å². The minimum absolute atomic E-state index is 0.153. The SMILES string of the molecule is CCCn1ccnc1CNCCCC(=O)OC. The first-order chi connectivity index (χ1) is 8.27. The second-order valence-electron chi connectivity index (χ2n) is 3.89. The molecule has 0 fully saturated rings. The van der Waals surface area contributed by atoms with Crippen molar-refractivity contribution in [1.29, 1.82) is 0 Å². The van der Waals surface area contributed by atoms with E-state index in [-0.39, 0.29) is 5.97 Å². The molecule has 0 spiro atoms. The topological polar surface area (TPSA) is 56.2 Å². The third kappa shape index (κ3) is 4.99. The highest BCUT2D eigenvalue weighted by Gasteiger charge is 2.02.